The fraction of sp³-hybridized carbons (Fsp3) is 0.600. The number of nitrogens with one attached hydrogen (secondary N) is 1. The van der Waals surface area contributed by atoms with Crippen molar-refractivity contribution in [3.63, 3.8) is 0 Å². The highest BCUT2D eigenvalue weighted by atomic mass is 32.2. The summed E-state index contributed by atoms with van der Waals surface area (Å²) in [5.74, 6) is 0.0898. The first-order chi connectivity index (χ1) is 13.9. The number of likely N-dealkylation sites (tertiary alicyclic amines) is 1. The predicted molar refractivity (Wildman–Crippen MR) is 111 cm³/mol. The summed E-state index contributed by atoms with van der Waals surface area (Å²) in [6, 6.07) is 7.38. The minimum absolute atomic E-state index is 0.0716. The molecule has 8 nitrogen and oxygen atoms in total. The molecular formula is C20H30N4O4S. The molecular weight excluding hydrogens is 392 g/mol. The van der Waals surface area contributed by atoms with E-state index in [4.69, 9.17) is 0 Å². The van der Waals surface area contributed by atoms with Gasteiger partial charge in [-0.05, 0) is 37.5 Å². The number of amides is 2. The molecule has 2 aliphatic heterocycles. The molecule has 0 spiro atoms. The van der Waals surface area contributed by atoms with Crippen LogP contribution < -0.4 is 5.32 Å². The third-order valence-electron chi connectivity index (χ3n) is 5.54. The lowest BCUT2D eigenvalue weighted by molar-refractivity contribution is -0.122. The van der Waals surface area contributed by atoms with Crippen LogP contribution in [0.15, 0.2) is 24.3 Å². The van der Waals surface area contributed by atoms with Crippen LogP contribution in [0.2, 0.25) is 0 Å². The van der Waals surface area contributed by atoms with Gasteiger partial charge in [0.05, 0.1) is 12.3 Å². The number of hydrogen-bond acceptors (Lipinski definition) is 5. The van der Waals surface area contributed by atoms with Gasteiger partial charge in [0, 0.05) is 51.4 Å². The lowest BCUT2D eigenvalue weighted by Gasteiger charge is -2.33. The van der Waals surface area contributed by atoms with Gasteiger partial charge in [-0.15, -0.1) is 0 Å². The van der Waals surface area contributed by atoms with E-state index < -0.39 is 10.0 Å². The zero-order valence-electron chi connectivity index (χ0n) is 17.0. The predicted octanol–water partition coefficient (Wildman–Crippen LogP) is 0.506. The van der Waals surface area contributed by atoms with Crippen LogP contribution >= 0.6 is 0 Å². The Morgan fingerprint density at radius 3 is 2.17 bits per heavy atom. The zero-order chi connectivity index (χ0) is 20.9. The summed E-state index contributed by atoms with van der Waals surface area (Å²) in [7, 11) is -3.16. The maximum Gasteiger partial charge on any atom is 0.253 e. The highest BCUT2D eigenvalue weighted by Crippen LogP contribution is 2.14. The van der Waals surface area contributed by atoms with Crippen molar-refractivity contribution in [3.05, 3.63) is 35.4 Å². The molecule has 0 atom stereocenters. The van der Waals surface area contributed by atoms with E-state index in [2.05, 4.69) is 5.32 Å². The molecule has 2 aliphatic rings. The van der Waals surface area contributed by atoms with Crippen LogP contribution in [0, 0.1) is 0 Å². The van der Waals surface area contributed by atoms with E-state index >= 15 is 0 Å². The summed E-state index contributed by atoms with van der Waals surface area (Å²) in [6.07, 6.45) is 2.14. The van der Waals surface area contributed by atoms with Crippen LogP contribution in [0.3, 0.4) is 0 Å². The van der Waals surface area contributed by atoms with Crippen LogP contribution in [0.5, 0.6) is 0 Å². The Labute approximate surface area is 172 Å². The van der Waals surface area contributed by atoms with Crippen molar-refractivity contribution in [1.29, 1.82) is 0 Å². The number of sulfonamides is 1. The molecule has 0 bridgehead atoms. The molecule has 1 N–H and O–H groups in total. The van der Waals surface area contributed by atoms with Crippen molar-refractivity contribution >= 4 is 21.8 Å². The Balaban J connectivity index is 1.41. The maximum absolute atomic E-state index is 12.4. The quantitative estimate of drug-likeness (QED) is 0.691. The summed E-state index contributed by atoms with van der Waals surface area (Å²) in [4.78, 5) is 28.4. The average Bonchev–Trinajstić information content (AvgIpc) is 3.27. The van der Waals surface area contributed by atoms with Crippen molar-refractivity contribution in [1.82, 2.24) is 19.4 Å². The van der Waals surface area contributed by atoms with Crippen LogP contribution in [0.25, 0.3) is 0 Å². The highest BCUT2D eigenvalue weighted by molar-refractivity contribution is 7.89. The molecule has 1 aromatic carbocycles. The van der Waals surface area contributed by atoms with Gasteiger partial charge in [0.15, 0.2) is 0 Å². The second-order valence-electron chi connectivity index (χ2n) is 7.55. The molecule has 0 unspecified atom stereocenters. The maximum atomic E-state index is 12.4. The standard InChI is InChI=1S/C20H30N4O4S/c1-2-29(27,28)24-13-11-22(12-14-24)16-19(25)21-15-17-5-7-18(8-6-17)20(26)23-9-3-4-10-23/h5-8H,2-4,9-16H2,1H3,(H,21,25). The molecule has 3 rings (SSSR count). The van der Waals surface area contributed by atoms with Gasteiger partial charge in [-0.3, -0.25) is 14.5 Å². The van der Waals surface area contributed by atoms with Crippen LogP contribution in [-0.2, 0) is 21.4 Å². The van der Waals surface area contributed by atoms with Gasteiger partial charge >= 0.3 is 0 Å². The van der Waals surface area contributed by atoms with Gasteiger partial charge in [-0.2, -0.15) is 4.31 Å². The minimum atomic E-state index is -3.16. The lowest BCUT2D eigenvalue weighted by Crippen LogP contribution is -2.51. The van der Waals surface area contributed by atoms with Crippen molar-refractivity contribution in [3.8, 4) is 0 Å². The van der Waals surface area contributed by atoms with E-state index in [0.29, 0.717) is 38.3 Å². The van der Waals surface area contributed by atoms with E-state index in [1.807, 2.05) is 34.1 Å². The Hall–Kier alpha value is -1.97. The van der Waals surface area contributed by atoms with Crippen LogP contribution in [0.4, 0.5) is 0 Å². The van der Waals surface area contributed by atoms with Crippen molar-refractivity contribution in [2.75, 3.05) is 51.6 Å². The number of carbonyl (C=O) groups is 2. The number of carbonyl (C=O) groups excluding carboxylic acids is 2. The molecule has 1 aromatic rings. The fourth-order valence-corrected chi connectivity index (χ4v) is 4.76. The molecule has 2 fully saturated rings. The SMILES string of the molecule is CCS(=O)(=O)N1CCN(CC(=O)NCc2ccc(C(=O)N3CCCC3)cc2)CC1. The molecule has 9 heteroatoms. The van der Waals surface area contributed by atoms with E-state index in [9.17, 15) is 18.0 Å². The van der Waals surface area contributed by atoms with Gasteiger partial charge in [-0.25, -0.2) is 8.42 Å². The monoisotopic (exact) mass is 422 g/mol. The molecule has 160 valence electrons. The second kappa shape index (κ2) is 9.69. The van der Waals surface area contributed by atoms with Gasteiger partial charge in [-0.1, -0.05) is 12.1 Å². The fourth-order valence-electron chi connectivity index (χ4n) is 3.68. The first-order valence-electron chi connectivity index (χ1n) is 10.2. The first kappa shape index (κ1) is 21.7. The van der Waals surface area contributed by atoms with Gasteiger partial charge in [0.1, 0.15) is 0 Å². The smallest absolute Gasteiger partial charge is 0.253 e. The summed E-state index contributed by atoms with van der Waals surface area (Å²) >= 11 is 0. The lowest BCUT2D eigenvalue weighted by atomic mass is 10.1. The summed E-state index contributed by atoms with van der Waals surface area (Å²) in [5.41, 5.74) is 1.62. The van der Waals surface area contributed by atoms with Gasteiger partial charge in [0.25, 0.3) is 5.91 Å². The molecule has 29 heavy (non-hydrogen) atoms. The largest absolute Gasteiger partial charge is 0.351 e. The Kier molecular flexibility index (Phi) is 7.26. The van der Waals surface area contributed by atoms with E-state index in [0.717, 1.165) is 31.5 Å². The Bertz CT molecular complexity index is 811. The number of benzene rings is 1. The van der Waals surface area contributed by atoms with E-state index in [-0.39, 0.29) is 24.1 Å². The third-order valence-corrected chi connectivity index (χ3v) is 7.42. The third kappa shape index (κ3) is 5.77. The Morgan fingerprint density at radius 2 is 1.59 bits per heavy atom. The van der Waals surface area contributed by atoms with E-state index in [1.54, 1.807) is 6.92 Å². The second-order valence-corrected chi connectivity index (χ2v) is 9.81. The van der Waals surface area contributed by atoms with E-state index in [1.165, 1.54) is 4.31 Å². The van der Waals surface area contributed by atoms with Crippen molar-refractivity contribution in [2.24, 2.45) is 0 Å². The van der Waals surface area contributed by atoms with Gasteiger partial charge in [0.2, 0.25) is 15.9 Å². The molecule has 0 saturated carbocycles. The van der Waals surface area contributed by atoms with Gasteiger partial charge < -0.3 is 10.2 Å². The normalized spacial score (nSPS) is 18.7. The topological polar surface area (TPSA) is 90.0 Å². The number of rotatable bonds is 7. The summed E-state index contributed by atoms with van der Waals surface area (Å²) < 4.78 is 25.3. The molecule has 2 amide bonds. The summed E-state index contributed by atoms with van der Waals surface area (Å²) in [5, 5.41) is 2.89. The zero-order valence-corrected chi connectivity index (χ0v) is 17.8. The molecule has 2 heterocycles. The minimum Gasteiger partial charge on any atom is -0.351 e. The number of nitrogens with zero attached hydrogens (tertiary/aromatic N) is 3. The highest BCUT2D eigenvalue weighted by Gasteiger charge is 2.26. The Morgan fingerprint density at radius 1 is 0.966 bits per heavy atom. The van der Waals surface area contributed by atoms with Crippen LogP contribution in [-0.4, -0.2) is 85.9 Å². The molecule has 0 aromatic heterocycles. The van der Waals surface area contributed by atoms with Crippen molar-refractivity contribution in [2.45, 2.75) is 26.3 Å². The summed E-state index contributed by atoms with van der Waals surface area (Å²) in [6.45, 7) is 5.92. The number of hydrogen-bond donors (Lipinski definition) is 1. The molecule has 2 saturated heterocycles. The number of piperazine rings is 1. The first-order valence-corrected chi connectivity index (χ1v) is 11.8. The van der Waals surface area contributed by atoms with Crippen molar-refractivity contribution < 1.29 is 18.0 Å². The molecule has 0 radical (unpaired) electrons. The molecule has 0 aliphatic carbocycles. The van der Waals surface area contributed by atoms with Crippen LogP contribution in [0.1, 0.15) is 35.7 Å². The average molecular weight is 423 g/mol.